The maximum absolute atomic E-state index is 9.31. The molecule has 0 bridgehead atoms. The molecule has 1 aromatic rings. The second-order valence-electron chi connectivity index (χ2n) is 2.82. The molecule has 0 aliphatic heterocycles. The van der Waals surface area contributed by atoms with Crippen LogP contribution in [-0.4, -0.2) is 15.3 Å². The van der Waals surface area contributed by atoms with Crippen LogP contribution in [0.3, 0.4) is 0 Å². The van der Waals surface area contributed by atoms with E-state index in [1.165, 1.54) is 25.1 Å². The molecular weight excluding hydrogens is 158 g/mol. The maximum Gasteiger partial charge on any atom is 0.144 e. The summed E-state index contributed by atoms with van der Waals surface area (Å²) >= 11 is 0. The summed E-state index contributed by atoms with van der Waals surface area (Å²) < 4.78 is 0. The summed E-state index contributed by atoms with van der Waals surface area (Å²) in [4.78, 5) is 0. The van der Waals surface area contributed by atoms with E-state index in [1.54, 1.807) is 0 Å². The zero-order valence-electron chi connectivity index (χ0n) is 6.65. The third-order valence-electron chi connectivity index (χ3n) is 1.53. The van der Waals surface area contributed by atoms with Crippen molar-refractivity contribution in [3.8, 4) is 11.5 Å². The molecule has 0 aliphatic carbocycles. The van der Waals surface area contributed by atoms with Crippen LogP contribution in [0.15, 0.2) is 18.2 Å². The molecule has 0 saturated carbocycles. The van der Waals surface area contributed by atoms with Crippen LogP contribution in [0.1, 0.15) is 12.5 Å². The molecule has 0 aromatic heterocycles. The number of aliphatic hydroxyl groups is 1. The minimum absolute atomic E-state index is 0.0648. The molecule has 0 heterocycles. The molecule has 0 saturated heterocycles. The molecule has 0 radical (unpaired) electrons. The summed E-state index contributed by atoms with van der Waals surface area (Å²) in [6.07, 6.45) is 0. The van der Waals surface area contributed by atoms with E-state index >= 15 is 0 Å². The Bertz CT molecular complexity index is 271. The van der Waals surface area contributed by atoms with Gasteiger partial charge in [0.15, 0.2) is 0 Å². The zero-order chi connectivity index (χ0) is 9.35. The number of phenolic OH excluding ortho intramolecular Hbond substituents is 2. The quantitative estimate of drug-likeness (QED) is 0.453. The lowest BCUT2D eigenvalue weighted by Crippen LogP contribution is -2.32. The standard InChI is InChI=1S/C8H11NO3/c1-8(9,12)7-5(10)3-2-4-6(7)11/h2-4,10-12H,9H2,1H3. The van der Waals surface area contributed by atoms with Crippen molar-refractivity contribution in [1.82, 2.24) is 0 Å². The highest BCUT2D eigenvalue weighted by Crippen LogP contribution is 2.32. The Kier molecular flexibility index (Phi) is 1.95. The molecule has 4 nitrogen and oxygen atoms in total. The third-order valence-corrected chi connectivity index (χ3v) is 1.53. The van der Waals surface area contributed by atoms with Gasteiger partial charge in [0.2, 0.25) is 0 Å². The number of hydrogen-bond donors (Lipinski definition) is 4. The average Bonchev–Trinajstić information content (AvgIpc) is 1.82. The minimum Gasteiger partial charge on any atom is -0.507 e. The number of phenols is 2. The first-order valence-corrected chi connectivity index (χ1v) is 3.45. The first-order chi connectivity index (χ1) is 5.43. The van der Waals surface area contributed by atoms with Gasteiger partial charge in [-0.1, -0.05) is 6.07 Å². The fourth-order valence-corrected chi connectivity index (χ4v) is 1.05. The number of rotatable bonds is 1. The number of aromatic hydroxyl groups is 2. The van der Waals surface area contributed by atoms with Gasteiger partial charge in [-0.25, -0.2) is 0 Å². The lowest BCUT2D eigenvalue weighted by atomic mass is 10.0. The van der Waals surface area contributed by atoms with E-state index in [1.807, 2.05) is 0 Å². The van der Waals surface area contributed by atoms with E-state index in [0.717, 1.165) is 0 Å². The van der Waals surface area contributed by atoms with Crippen LogP contribution in [0.4, 0.5) is 0 Å². The van der Waals surface area contributed by atoms with Crippen LogP contribution in [0.25, 0.3) is 0 Å². The summed E-state index contributed by atoms with van der Waals surface area (Å²) in [5.41, 5.74) is 3.50. The van der Waals surface area contributed by atoms with Gasteiger partial charge in [0.05, 0.1) is 5.56 Å². The summed E-state index contributed by atoms with van der Waals surface area (Å²) in [6.45, 7) is 1.28. The molecule has 1 unspecified atom stereocenters. The van der Waals surface area contributed by atoms with Crippen molar-refractivity contribution in [2.75, 3.05) is 0 Å². The lowest BCUT2D eigenvalue weighted by Gasteiger charge is -2.19. The second-order valence-corrected chi connectivity index (χ2v) is 2.82. The van der Waals surface area contributed by atoms with Crippen molar-refractivity contribution >= 4 is 0 Å². The van der Waals surface area contributed by atoms with Crippen molar-refractivity contribution in [3.05, 3.63) is 23.8 Å². The van der Waals surface area contributed by atoms with Crippen LogP contribution in [0, 0.1) is 0 Å². The fraction of sp³-hybridized carbons (Fsp3) is 0.250. The Morgan fingerprint density at radius 1 is 1.25 bits per heavy atom. The summed E-state index contributed by atoms with van der Waals surface area (Å²) in [5, 5.41) is 27.8. The van der Waals surface area contributed by atoms with E-state index in [2.05, 4.69) is 0 Å². The largest absolute Gasteiger partial charge is 0.507 e. The van der Waals surface area contributed by atoms with E-state index < -0.39 is 5.72 Å². The predicted molar refractivity (Wildman–Crippen MR) is 43.5 cm³/mol. The fourth-order valence-electron chi connectivity index (χ4n) is 1.05. The molecule has 1 aromatic carbocycles. The smallest absolute Gasteiger partial charge is 0.144 e. The normalized spacial score (nSPS) is 15.6. The van der Waals surface area contributed by atoms with Crippen LogP contribution in [0.5, 0.6) is 11.5 Å². The molecule has 0 amide bonds. The van der Waals surface area contributed by atoms with Gasteiger partial charge in [0.1, 0.15) is 17.2 Å². The molecule has 1 rings (SSSR count). The van der Waals surface area contributed by atoms with Crippen LogP contribution < -0.4 is 5.73 Å². The van der Waals surface area contributed by atoms with Gasteiger partial charge in [-0.2, -0.15) is 0 Å². The summed E-state index contributed by atoms with van der Waals surface area (Å²) in [7, 11) is 0. The van der Waals surface area contributed by atoms with Gasteiger partial charge in [-0.3, -0.25) is 5.73 Å². The molecule has 12 heavy (non-hydrogen) atoms. The number of nitrogens with two attached hydrogens (primary N) is 1. The Hall–Kier alpha value is -1.26. The minimum atomic E-state index is -1.73. The molecular formula is C8H11NO3. The molecule has 66 valence electrons. The monoisotopic (exact) mass is 169 g/mol. The van der Waals surface area contributed by atoms with Crippen molar-refractivity contribution in [2.24, 2.45) is 5.73 Å². The molecule has 0 spiro atoms. The first kappa shape index (κ1) is 8.83. The summed E-state index contributed by atoms with van der Waals surface area (Å²) in [5.74, 6) is -0.440. The van der Waals surface area contributed by atoms with Gasteiger partial charge >= 0.3 is 0 Å². The van der Waals surface area contributed by atoms with Crippen molar-refractivity contribution in [3.63, 3.8) is 0 Å². The van der Waals surface area contributed by atoms with Gasteiger partial charge in [-0.15, -0.1) is 0 Å². The zero-order valence-corrected chi connectivity index (χ0v) is 6.65. The van der Waals surface area contributed by atoms with E-state index in [-0.39, 0.29) is 17.1 Å². The van der Waals surface area contributed by atoms with Crippen LogP contribution >= 0.6 is 0 Å². The highest BCUT2D eigenvalue weighted by Gasteiger charge is 2.24. The van der Waals surface area contributed by atoms with Gasteiger partial charge < -0.3 is 15.3 Å². The van der Waals surface area contributed by atoms with Gasteiger partial charge in [-0.05, 0) is 19.1 Å². The van der Waals surface area contributed by atoms with Crippen molar-refractivity contribution < 1.29 is 15.3 Å². The highest BCUT2D eigenvalue weighted by molar-refractivity contribution is 5.45. The first-order valence-electron chi connectivity index (χ1n) is 3.45. The Balaban J connectivity index is 3.31. The van der Waals surface area contributed by atoms with E-state index in [9.17, 15) is 15.3 Å². The topological polar surface area (TPSA) is 86.7 Å². The molecule has 0 aliphatic rings. The maximum atomic E-state index is 9.31. The second kappa shape index (κ2) is 2.66. The Morgan fingerprint density at radius 2 is 1.67 bits per heavy atom. The average molecular weight is 169 g/mol. The van der Waals surface area contributed by atoms with Crippen molar-refractivity contribution in [1.29, 1.82) is 0 Å². The molecule has 1 atom stereocenters. The van der Waals surface area contributed by atoms with Gasteiger partial charge in [0, 0.05) is 0 Å². The Morgan fingerprint density at radius 3 is 1.92 bits per heavy atom. The van der Waals surface area contributed by atoms with Crippen molar-refractivity contribution in [2.45, 2.75) is 12.6 Å². The van der Waals surface area contributed by atoms with E-state index in [4.69, 9.17) is 5.73 Å². The van der Waals surface area contributed by atoms with Crippen LogP contribution in [-0.2, 0) is 5.72 Å². The molecule has 4 heteroatoms. The Labute approximate surface area is 69.9 Å². The molecule has 0 fully saturated rings. The third kappa shape index (κ3) is 1.49. The van der Waals surface area contributed by atoms with E-state index in [0.29, 0.717) is 0 Å². The lowest BCUT2D eigenvalue weighted by molar-refractivity contribution is 0.0594. The predicted octanol–water partition coefficient (Wildman–Crippen LogP) is 0.222. The van der Waals surface area contributed by atoms with Gasteiger partial charge in [0.25, 0.3) is 0 Å². The molecule has 5 N–H and O–H groups in total. The van der Waals surface area contributed by atoms with Crippen LogP contribution in [0.2, 0.25) is 0 Å². The summed E-state index contributed by atoms with van der Waals surface area (Å²) in [6, 6.07) is 4.15. The number of benzene rings is 1. The SMILES string of the molecule is CC(N)(O)c1c(O)cccc1O. The highest BCUT2D eigenvalue weighted by atomic mass is 16.3. The number of hydrogen-bond acceptors (Lipinski definition) is 4.